The minimum Gasteiger partial charge on any atom is -0.468 e. The van der Waals surface area contributed by atoms with Gasteiger partial charge < -0.3 is 10.1 Å². The predicted molar refractivity (Wildman–Crippen MR) is 92.1 cm³/mol. The molecular formula is C19H16N2O4. The number of nitrogens with zero attached hydrogens (tertiary/aromatic N) is 1. The Morgan fingerprint density at radius 1 is 1.04 bits per heavy atom. The first-order valence-corrected chi connectivity index (χ1v) is 7.65. The molecule has 6 nitrogen and oxygen atoms in total. The Morgan fingerprint density at radius 3 is 2.32 bits per heavy atom. The molecule has 3 amide bonds. The van der Waals surface area contributed by atoms with E-state index < -0.39 is 24.5 Å². The van der Waals surface area contributed by atoms with E-state index in [0.29, 0.717) is 0 Å². The molecule has 0 saturated carbocycles. The van der Waals surface area contributed by atoms with Crippen molar-refractivity contribution in [3.63, 3.8) is 0 Å². The van der Waals surface area contributed by atoms with Crippen LogP contribution in [0.2, 0.25) is 0 Å². The summed E-state index contributed by atoms with van der Waals surface area (Å²) in [4.78, 5) is 36.1. The number of carbonyl (C=O) groups excluding carboxylic acids is 3. The van der Waals surface area contributed by atoms with Crippen molar-refractivity contribution in [2.75, 3.05) is 13.7 Å². The lowest BCUT2D eigenvalue weighted by Gasteiger charge is -2.09. The molecule has 0 aromatic heterocycles. The van der Waals surface area contributed by atoms with Crippen LogP contribution in [0.1, 0.15) is 5.56 Å². The number of hydrogen-bond acceptors (Lipinski definition) is 4. The fourth-order valence-electron chi connectivity index (χ4n) is 2.48. The first-order valence-electron chi connectivity index (χ1n) is 7.65. The number of hydrogen-bond donors (Lipinski definition) is 1. The lowest BCUT2D eigenvalue weighted by atomic mass is 10.0. The SMILES string of the molecule is COC(=O)CN1C(=O)N/C(=C/c2ccc(-c3ccccc3)cc2)C1=O. The van der Waals surface area contributed by atoms with Crippen LogP contribution in [0.5, 0.6) is 0 Å². The highest BCUT2D eigenvalue weighted by Crippen LogP contribution is 2.21. The second-order valence-electron chi connectivity index (χ2n) is 5.44. The number of amides is 3. The molecule has 0 spiro atoms. The van der Waals surface area contributed by atoms with Gasteiger partial charge >= 0.3 is 12.0 Å². The van der Waals surface area contributed by atoms with Gasteiger partial charge in [0, 0.05) is 0 Å². The van der Waals surface area contributed by atoms with E-state index in [1.54, 1.807) is 6.08 Å². The molecule has 126 valence electrons. The maximum absolute atomic E-state index is 12.2. The van der Waals surface area contributed by atoms with Crippen molar-refractivity contribution in [3.8, 4) is 11.1 Å². The normalized spacial score (nSPS) is 15.4. The second kappa shape index (κ2) is 7.00. The monoisotopic (exact) mass is 336 g/mol. The molecule has 0 aliphatic carbocycles. The smallest absolute Gasteiger partial charge is 0.329 e. The zero-order valence-corrected chi connectivity index (χ0v) is 13.6. The van der Waals surface area contributed by atoms with Crippen molar-refractivity contribution < 1.29 is 19.1 Å². The Balaban J connectivity index is 1.78. The average Bonchev–Trinajstić information content (AvgIpc) is 2.90. The van der Waals surface area contributed by atoms with Gasteiger partial charge in [-0.1, -0.05) is 54.6 Å². The van der Waals surface area contributed by atoms with Crippen LogP contribution >= 0.6 is 0 Å². The Kier molecular flexibility index (Phi) is 4.61. The Bertz CT molecular complexity index is 841. The van der Waals surface area contributed by atoms with Crippen LogP contribution in [-0.2, 0) is 14.3 Å². The third-order valence-corrected chi connectivity index (χ3v) is 3.81. The molecule has 6 heteroatoms. The number of benzene rings is 2. The van der Waals surface area contributed by atoms with E-state index in [1.165, 1.54) is 7.11 Å². The summed E-state index contributed by atoms with van der Waals surface area (Å²) in [6, 6.07) is 16.9. The molecule has 1 N–H and O–H groups in total. The van der Waals surface area contributed by atoms with Gasteiger partial charge in [-0.05, 0) is 22.8 Å². The van der Waals surface area contributed by atoms with Gasteiger partial charge in [0.05, 0.1) is 7.11 Å². The third kappa shape index (κ3) is 3.58. The van der Waals surface area contributed by atoms with Crippen LogP contribution in [0.4, 0.5) is 4.79 Å². The third-order valence-electron chi connectivity index (χ3n) is 3.81. The summed E-state index contributed by atoms with van der Waals surface area (Å²) < 4.78 is 4.49. The van der Waals surface area contributed by atoms with Gasteiger partial charge in [-0.3, -0.25) is 9.59 Å². The molecule has 2 aromatic carbocycles. The summed E-state index contributed by atoms with van der Waals surface area (Å²) >= 11 is 0. The minimum atomic E-state index is -0.656. The Hall–Kier alpha value is -3.41. The molecule has 1 heterocycles. The van der Waals surface area contributed by atoms with Gasteiger partial charge in [0.2, 0.25) is 0 Å². The first-order chi connectivity index (χ1) is 12.1. The molecule has 1 fully saturated rings. The molecule has 1 aliphatic rings. The predicted octanol–water partition coefficient (Wildman–Crippen LogP) is 2.42. The van der Waals surface area contributed by atoms with Crippen molar-refractivity contribution in [2.24, 2.45) is 0 Å². The van der Waals surface area contributed by atoms with Gasteiger partial charge in [-0.15, -0.1) is 0 Å². The highest BCUT2D eigenvalue weighted by Gasteiger charge is 2.35. The van der Waals surface area contributed by atoms with Crippen molar-refractivity contribution in [1.29, 1.82) is 0 Å². The summed E-state index contributed by atoms with van der Waals surface area (Å²) in [5.41, 5.74) is 3.04. The van der Waals surface area contributed by atoms with Crippen LogP contribution < -0.4 is 5.32 Å². The number of imide groups is 1. The average molecular weight is 336 g/mol. The fraction of sp³-hybridized carbons (Fsp3) is 0.105. The van der Waals surface area contributed by atoms with E-state index in [0.717, 1.165) is 21.6 Å². The molecular weight excluding hydrogens is 320 g/mol. The van der Waals surface area contributed by atoms with E-state index in [2.05, 4.69) is 10.1 Å². The molecule has 1 saturated heterocycles. The summed E-state index contributed by atoms with van der Waals surface area (Å²) in [5.74, 6) is -1.21. The van der Waals surface area contributed by atoms with E-state index in [1.807, 2.05) is 54.6 Å². The Morgan fingerprint density at radius 2 is 1.68 bits per heavy atom. The summed E-state index contributed by atoms with van der Waals surface area (Å²) in [6.45, 7) is -0.411. The van der Waals surface area contributed by atoms with Crippen molar-refractivity contribution >= 4 is 24.0 Å². The van der Waals surface area contributed by atoms with Crippen LogP contribution in [0.25, 0.3) is 17.2 Å². The zero-order chi connectivity index (χ0) is 17.8. The van der Waals surface area contributed by atoms with Gasteiger partial charge in [0.15, 0.2) is 0 Å². The Labute approximate surface area is 144 Å². The molecule has 25 heavy (non-hydrogen) atoms. The van der Waals surface area contributed by atoms with Crippen molar-refractivity contribution in [1.82, 2.24) is 10.2 Å². The molecule has 3 rings (SSSR count). The standard InChI is InChI=1S/C19H16N2O4/c1-25-17(22)12-21-18(23)16(20-19(21)24)11-13-7-9-15(10-8-13)14-5-3-2-4-6-14/h2-11H,12H2,1H3,(H,20,24)/b16-11+. The summed E-state index contributed by atoms with van der Waals surface area (Å²) in [7, 11) is 1.20. The lowest BCUT2D eigenvalue weighted by Crippen LogP contribution is -2.36. The topological polar surface area (TPSA) is 75.7 Å². The molecule has 0 radical (unpaired) electrons. The number of nitrogens with one attached hydrogen (secondary N) is 1. The highest BCUT2D eigenvalue weighted by atomic mass is 16.5. The van der Waals surface area contributed by atoms with Crippen LogP contribution in [-0.4, -0.2) is 36.5 Å². The van der Waals surface area contributed by atoms with Crippen molar-refractivity contribution in [3.05, 3.63) is 65.9 Å². The number of carbonyl (C=O) groups is 3. The number of rotatable bonds is 4. The second-order valence-corrected chi connectivity index (χ2v) is 5.44. The van der Waals surface area contributed by atoms with Gasteiger partial charge in [0.1, 0.15) is 12.2 Å². The largest absolute Gasteiger partial charge is 0.468 e. The number of methoxy groups -OCH3 is 1. The highest BCUT2D eigenvalue weighted by molar-refractivity contribution is 6.15. The van der Waals surface area contributed by atoms with Gasteiger partial charge in [0.25, 0.3) is 5.91 Å². The molecule has 0 bridgehead atoms. The number of ether oxygens (including phenoxy) is 1. The molecule has 1 aliphatic heterocycles. The summed E-state index contributed by atoms with van der Waals surface area (Å²) in [5, 5.41) is 2.47. The van der Waals surface area contributed by atoms with Crippen LogP contribution in [0.15, 0.2) is 60.3 Å². The maximum Gasteiger partial charge on any atom is 0.329 e. The first kappa shape index (κ1) is 16.4. The summed E-state index contributed by atoms with van der Waals surface area (Å²) in [6.07, 6.45) is 1.58. The van der Waals surface area contributed by atoms with E-state index >= 15 is 0 Å². The van der Waals surface area contributed by atoms with E-state index in [4.69, 9.17) is 0 Å². The van der Waals surface area contributed by atoms with Gasteiger partial charge in [-0.25, -0.2) is 9.69 Å². The number of esters is 1. The molecule has 0 unspecified atom stereocenters. The van der Waals surface area contributed by atoms with Crippen LogP contribution in [0, 0.1) is 0 Å². The van der Waals surface area contributed by atoms with Gasteiger partial charge in [-0.2, -0.15) is 0 Å². The maximum atomic E-state index is 12.2. The number of urea groups is 1. The van der Waals surface area contributed by atoms with Crippen LogP contribution in [0.3, 0.4) is 0 Å². The zero-order valence-electron chi connectivity index (χ0n) is 13.6. The van der Waals surface area contributed by atoms with E-state index in [-0.39, 0.29) is 5.70 Å². The fourth-order valence-corrected chi connectivity index (χ4v) is 2.48. The minimum absolute atomic E-state index is 0.126. The van der Waals surface area contributed by atoms with Crippen molar-refractivity contribution in [2.45, 2.75) is 0 Å². The van der Waals surface area contributed by atoms with E-state index in [9.17, 15) is 14.4 Å². The quantitative estimate of drug-likeness (QED) is 0.528. The molecule has 0 atom stereocenters. The molecule has 2 aromatic rings. The lowest BCUT2D eigenvalue weighted by molar-refractivity contribution is -0.143.